The average Bonchev–Trinajstić information content (AvgIpc) is 3.47. The number of rotatable bonds is 6. The van der Waals surface area contributed by atoms with E-state index in [0.29, 0.717) is 5.69 Å². The lowest BCUT2D eigenvalue weighted by atomic mass is 9.94. The van der Waals surface area contributed by atoms with Crippen LogP contribution < -0.4 is 0 Å². The van der Waals surface area contributed by atoms with E-state index >= 15 is 0 Å². The smallest absolute Gasteiger partial charge is 0.175 e. The number of hydrogen-bond donors (Lipinski definition) is 1. The molecule has 4 aromatic rings. The number of nitrogens with one attached hydrogen (secondary N) is 1. The van der Waals surface area contributed by atoms with Crippen LogP contribution in [0, 0.1) is 19.8 Å². The predicted octanol–water partition coefficient (Wildman–Crippen LogP) is 9.21. The van der Waals surface area contributed by atoms with Crippen LogP contribution in [0.1, 0.15) is 78.5 Å². The van der Waals surface area contributed by atoms with Gasteiger partial charge in [-0.3, -0.25) is 4.79 Å². The van der Waals surface area contributed by atoms with E-state index in [0.717, 1.165) is 45.9 Å². The van der Waals surface area contributed by atoms with Gasteiger partial charge in [-0.25, -0.2) is 0 Å². The summed E-state index contributed by atoms with van der Waals surface area (Å²) in [7, 11) is 0. The van der Waals surface area contributed by atoms with Crippen molar-refractivity contribution >= 4 is 11.4 Å². The number of carbonyl (C=O) groups excluding carboxylic acids is 1. The molecule has 5 rings (SSSR count). The molecule has 2 heterocycles. The first-order valence-electron chi connectivity index (χ1n) is 12.9. The summed E-state index contributed by atoms with van der Waals surface area (Å²) in [4.78, 5) is 14.5. The van der Waals surface area contributed by atoms with Crippen LogP contribution in [0.15, 0.2) is 84.1 Å². The molecule has 1 saturated carbocycles. The zero-order valence-corrected chi connectivity index (χ0v) is 22.4. The molecule has 3 heteroatoms. The summed E-state index contributed by atoms with van der Waals surface area (Å²) in [5.41, 5.74) is 8.02. The summed E-state index contributed by atoms with van der Waals surface area (Å²) in [6.45, 7) is 14.2. The van der Waals surface area contributed by atoms with Gasteiger partial charge in [-0.2, -0.15) is 0 Å². The van der Waals surface area contributed by atoms with Crippen LogP contribution in [0.3, 0.4) is 0 Å². The first kappa shape index (κ1) is 27.0. The van der Waals surface area contributed by atoms with Gasteiger partial charge in [0.25, 0.3) is 0 Å². The minimum absolute atomic E-state index is 0.00623. The van der Waals surface area contributed by atoms with Crippen LogP contribution in [0.4, 0.5) is 0 Å². The minimum atomic E-state index is 0.00623. The van der Waals surface area contributed by atoms with Gasteiger partial charge in [-0.1, -0.05) is 99.8 Å². The molecule has 36 heavy (non-hydrogen) atoms. The molecule has 1 N–H and O–H groups in total. The van der Waals surface area contributed by atoms with E-state index in [1.54, 1.807) is 13.2 Å². The fourth-order valence-electron chi connectivity index (χ4n) is 3.93. The molecule has 2 aromatic carbocycles. The lowest BCUT2D eigenvalue weighted by Crippen LogP contribution is -1.90. The van der Waals surface area contributed by atoms with Crippen molar-refractivity contribution in [2.75, 3.05) is 0 Å². The van der Waals surface area contributed by atoms with Crippen LogP contribution in [0.2, 0.25) is 0 Å². The van der Waals surface area contributed by atoms with Crippen molar-refractivity contribution in [1.29, 1.82) is 0 Å². The van der Waals surface area contributed by atoms with Crippen LogP contribution in [0.5, 0.6) is 0 Å². The molecule has 1 aliphatic carbocycles. The van der Waals surface area contributed by atoms with E-state index in [1.165, 1.54) is 30.4 Å². The van der Waals surface area contributed by atoms with Gasteiger partial charge in [0.15, 0.2) is 5.78 Å². The number of aromatic amines is 1. The summed E-state index contributed by atoms with van der Waals surface area (Å²) < 4.78 is 5.64. The Kier molecular flexibility index (Phi) is 9.69. The maximum absolute atomic E-state index is 11.5. The number of H-pyrrole nitrogens is 1. The van der Waals surface area contributed by atoms with Crippen molar-refractivity contribution in [3.8, 4) is 11.1 Å². The molecular formula is C33H39NO2. The Balaban J connectivity index is 0.000000225. The van der Waals surface area contributed by atoms with Gasteiger partial charge in [0.05, 0.1) is 12.0 Å². The number of aryl methyl sites for hydroxylation is 3. The average molecular weight is 482 g/mol. The molecule has 188 valence electrons. The van der Waals surface area contributed by atoms with Gasteiger partial charge in [0.2, 0.25) is 0 Å². The molecule has 0 amide bonds. The first-order chi connectivity index (χ1) is 17.3. The molecule has 0 unspecified atom stereocenters. The van der Waals surface area contributed by atoms with Crippen molar-refractivity contribution in [2.45, 2.75) is 60.3 Å². The monoisotopic (exact) mass is 481 g/mol. The summed E-state index contributed by atoms with van der Waals surface area (Å²) >= 11 is 0. The lowest BCUT2D eigenvalue weighted by Gasteiger charge is -2.07. The Morgan fingerprint density at radius 2 is 1.69 bits per heavy atom. The molecule has 0 radical (unpaired) electrons. The fraction of sp³-hybridized carbons (Fsp3) is 0.303. The molecule has 0 atom stereocenters. The lowest BCUT2D eigenvalue weighted by molar-refractivity contribution is 0.101. The molecular weight excluding hydrogens is 442 g/mol. The number of carbonyl (C=O) groups is 1. The van der Waals surface area contributed by atoms with E-state index in [2.05, 4.69) is 80.9 Å². The molecule has 0 spiro atoms. The van der Waals surface area contributed by atoms with Crippen molar-refractivity contribution in [3.63, 3.8) is 0 Å². The van der Waals surface area contributed by atoms with Crippen LogP contribution in [-0.2, 0) is 6.42 Å². The first-order valence-corrected chi connectivity index (χ1v) is 12.9. The van der Waals surface area contributed by atoms with Crippen LogP contribution in [0.25, 0.3) is 16.7 Å². The molecule has 1 fully saturated rings. The number of aromatic nitrogens is 1. The van der Waals surface area contributed by atoms with Crippen molar-refractivity contribution in [3.05, 3.63) is 113 Å². The largest absolute Gasteiger partial charge is 0.468 e. The van der Waals surface area contributed by atoms with E-state index in [1.807, 2.05) is 25.3 Å². The highest BCUT2D eigenvalue weighted by Crippen LogP contribution is 2.36. The van der Waals surface area contributed by atoms with E-state index < -0.39 is 0 Å². The highest BCUT2D eigenvalue weighted by Gasteiger charge is 2.18. The van der Waals surface area contributed by atoms with E-state index in [-0.39, 0.29) is 5.78 Å². The summed E-state index contributed by atoms with van der Waals surface area (Å²) in [5.74, 6) is 1.96. The number of benzene rings is 2. The number of ketones is 1. The number of furan rings is 1. The predicted molar refractivity (Wildman–Crippen MR) is 151 cm³/mol. The SMILES string of the molecule is C=C(c1c[nH]c(C(C)=O)c1)c1c(-c2ccc(C)cc2)coc1C.CCC1CC1.CCc1ccccc1. The van der Waals surface area contributed by atoms with Gasteiger partial charge in [-0.15, -0.1) is 0 Å². The van der Waals surface area contributed by atoms with Gasteiger partial charge in [0, 0.05) is 29.8 Å². The molecule has 3 nitrogen and oxygen atoms in total. The van der Waals surface area contributed by atoms with Crippen molar-refractivity contribution < 1.29 is 9.21 Å². The Bertz CT molecular complexity index is 1250. The third-order valence-corrected chi connectivity index (χ3v) is 6.58. The third kappa shape index (κ3) is 7.45. The Labute approximate surface area is 216 Å². The molecule has 0 bridgehead atoms. The third-order valence-electron chi connectivity index (χ3n) is 6.58. The zero-order valence-electron chi connectivity index (χ0n) is 22.4. The zero-order chi connectivity index (χ0) is 26.1. The second-order valence-electron chi connectivity index (χ2n) is 9.47. The summed E-state index contributed by atoms with van der Waals surface area (Å²) in [6, 6.07) is 20.6. The quantitative estimate of drug-likeness (QED) is 0.279. The van der Waals surface area contributed by atoms with Crippen molar-refractivity contribution in [2.24, 2.45) is 5.92 Å². The number of Topliss-reactive ketones (excluding diaryl/α,β-unsaturated/α-hetero) is 1. The standard InChI is InChI=1S/C20H19NO2.C8H10.C5H10/c1-12-5-7-16(8-6-12)18-11-23-15(4)20(18)13(2)17-9-19(14(3)22)21-10-17;1-2-8-6-4-3-5-7-8;1-2-5-3-4-5/h5-11,21H,2H2,1,3-4H3;3-7H,2H2,1H3;5H,2-4H2,1H3. The molecule has 2 aromatic heterocycles. The Morgan fingerprint density at radius 3 is 2.17 bits per heavy atom. The fourth-order valence-corrected chi connectivity index (χ4v) is 3.93. The Morgan fingerprint density at radius 1 is 1.03 bits per heavy atom. The molecule has 0 saturated heterocycles. The topological polar surface area (TPSA) is 46.0 Å². The van der Waals surface area contributed by atoms with Crippen LogP contribution in [-0.4, -0.2) is 10.8 Å². The van der Waals surface area contributed by atoms with E-state index in [9.17, 15) is 4.79 Å². The summed E-state index contributed by atoms with van der Waals surface area (Å²) in [6.07, 6.45) is 9.15. The highest BCUT2D eigenvalue weighted by atomic mass is 16.3. The molecule has 1 aliphatic rings. The van der Waals surface area contributed by atoms with Gasteiger partial charge >= 0.3 is 0 Å². The van der Waals surface area contributed by atoms with Crippen molar-refractivity contribution in [1.82, 2.24) is 4.98 Å². The highest BCUT2D eigenvalue weighted by molar-refractivity contribution is 5.95. The van der Waals surface area contributed by atoms with Gasteiger partial charge < -0.3 is 9.40 Å². The van der Waals surface area contributed by atoms with Gasteiger partial charge in [-0.05, 0) is 49.0 Å². The number of hydrogen-bond acceptors (Lipinski definition) is 2. The molecule has 0 aliphatic heterocycles. The minimum Gasteiger partial charge on any atom is -0.468 e. The van der Waals surface area contributed by atoms with Crippen LogP contribution >= 0.6 is 0 Å². The summed E-state index contributed by atoms with van der Waals surface area (Å²) in [5, 5.41) is 0. The second kappa shape index (κ2) is 12.9. The maximum atomic E-state index is 11.5. The Hall–Kier alpha value is -3.59. The van der Waals surface area contributed by atoms with Gasteiger partial charge in [0.1, 0.15) is 5.76 Å². The maximum Gasteiger partial charge on any atom is 0.175 e. The normalized spacial score (nSPS) is 12.1. The second-order valence-corrected chi connectivity index (χ2v) is 9.47. The van der Waals surface area contributed by atoms with E-state index in [4.69, 9.17) is 4.42 Å².